The van der Waals surface area contributed by atoms with Gasteiger partial charge in [0.2, 0.25) is 0 Å². The van der Waals surface area contributed by atoms with E-state index in [0.29, 0.717) is 0 Å². The van der Waals surface area contributed by atoms with Crippen molar-refractivity contribution in [3.63, 3.8) is 0 Å². The summed E-state index contributed by atoms with van der Waals surface area (Å²) in [6, 6.07) is 2.64. The van der Waals surface area contributed by atoms with Gasteiger partial charge in [-0.05, 0) is 40.9 Å². The summed E-state index contributed by atoms with van der Waals surface area (Å²) in [6.07, 6.45) is 6.90. The molecular formula is C14H17BrF2O. The van der Waals surface area contributed by atoms with E-state index in [0.717, 1.165) is 25.7 Å². The molecule has 0 N–H and O–H groups in total. The maximum Gasteiger partial charge on any atom is 0.145 e. The van der Waals surface area contributed by atoms with Gasteiger partial charge in [0, 0.05) is 0 Å². The lowest BCUT2D eigenvalue weighted by Gasteiger charge is -2.16. The summed E-state index contributed by atoms with van der Waals surface area (Å²) >= 11 is 3.06. The number of ether oxygens (including phenoxy) is 1. The van der Waals surface area contributed by atoms with Crippen molar-refractivity contribution in [1.82, 2.24) is 0 Å². The molecule has 1 aliphatic rings. The molecule has 1 nitrogen and oxygen atoms in total. The fraction of sp³-hybridized carbons (Fsp3) is 0.571. The second kappa shape index (κ2) is 6.62. The van der Waals surface area contributed by atoms with Gasteiger partial charge in [0.1, 0.15) is 11.6 Å². The van der Waals surface area contributed by atoms with E-state index in [1.54, 1.807) is 0 Å². The Labute approximate surface area is 115 Å². The third-order valence-corrected chi connectivity index (χ3v) is 4.02. The molecule has 18 heavy (non-hydrogen) atoms. The van der Waals surface area contributed by atoms with Crippen LogP contribution in [0.15, 0.2) is 16.6 Å². The first-order valence-corrected chi connectivity index (χ1v) is 7.22. The van der Waals surface area contributed by atoms with Crippen molar-refractivity contribution in [2.45, 2.75) is 51.2 Å². The summed E-state index contributed by atoms with van der Waals surface area (Å²) in [5.41, 5.74) is 0.0219. The molecule has 0 aliphatic heterocycles. The van der Waals surface area contributed by atoms with Gasteiger partial charge in [-0.25, -0.2) is 8.78 Å². The quantitative estimate of drug-likeness (QED) is 0.565. The predicted molar refractivity (Wildman–Crippen MR) is 70.3 cm³/mol. The molecule has 0 unspecified atom stereocenters. The van der Waals surface area contributed by atoms with Gasteiger partial charge in [0.05, 0.1) is 22.7 Å². The van der Waals surface area contributed by atoms with Crippen LogP contribution in [0.4, 0.5) is 8.78 Å². The molecule has 0 aromatic heterocycles. The molecule has 2 rings (SSSR count). The Morgan fingerprint density at radius 1 is 1.11 bits per heavy atom. The Morgan fingerprint density at radius 3 is 2.44 bits per heavy atom. The average Bonchev–Trinajstić information content (AvgIpc) is 2.63. The van der Waals surface area contributed by atoms with Gasteiger partial charge >= 0.3 is 0 Å². The molecule has 0 radical (unpaired) electrons. The predicted octanol–water partition coefficient (Wildman–Crippen LogP) is 4.97. The van der Waals surface area contributed by atoms with Crippen LogP contribution in [0.3, 0.4) is 0 Å². The molecule has 0 amide bonds. The SMILES string of the molecule is Fc1ccc(Br)c(F)c1COC1CCCCCC1. The Kier molecular flexibility index (Phi) is 5.13. The third kappa shape index (κ3) is 3.51. The van der Waals surface area contributed by atoms with Crippen molar-refractivity contribution >= 4 is 15.9 Å². The zero-order chi connectivity index (χ0) is 13.0. The fourth-order valence-electron chi connectivity index (χ4n) is 2.31. The minimum atomic E-state index is -0.552. The van der Waals surface area contributed by atoms with Crippen LogP contribution in [0.25, 0.3) is 0 Å². The lowest BCUT2D eigenvalue weighted by Crippen LogP contribution is -2.13. The second-order valence-corrected chi connectivity index (χ2v) is 5.60. The molecule has 0 spiro atoms. The molecule has 1 aromatic rings. The molecule has 1 fully saturated rings. The number of rotatable bonds is 3. The minimum Gasteiger partial charge on any atom is -0.373 e. The van der Waals surface area contributed by atoms with Gasteiger partial charge in [0.25, 0.3) is 0 Å². The van der Waals surface area contributed by atoms with Crippen molar-refractivity contribution in [3.8, 4) is 0 Å². The molecule has 4 heteroatoms. The van der Waals surface area contributed by atoms with E-state index in [2.05, 4.69) is 15.9 Å². The van der Waals surface area contributed by atoms with Crippen LogP contribution < -0.4 is 0 Å². The molecule has 0 atom stereocenters. The number of halogens is 3. The lowest BCUT2D eigenvalue weighted by molar-refractivity contribution is 0.0279. The van der Waals surface area contributed by atoms with Crippen LogP contribution in [0.5, 0.6) is 0 Å². The summed E-state index contributed by atoms with van der Waals surface area (Å²) in [5.74, 6) is -1.09. The zero-order valence-electron chi connectivity index (χ0n) is 10.2. The van der Waals surface area contributed by atoms with Gasteiger partial charge in [-0.2, -0.15) is 0 Å². The largest absolute Gasteiger partial charge is 0.373 e. The monoisotopic (exact) mass is 318 g/mol. The van der Waals surface area contributed by atoms with Crippen molar-refractivity contribution in [2.75, 3.05) is 0 Å². The minimum absolute atomic E-state index is 0.0156. The van der Waals surface area contributed by atoms with Crippen LogP contribution in [-0.4, -0.2) is 6.10 Å². The van der Waals surface area contributed by atoms with Crippen LogP contribution in [0.2, 0.25) is 0 Å². The molecule has 1 aromatic carbocycles. The van der Waals surface area contributed by atoms with E-state index in [1.807, 2.05) is 0 Å². The molecule has 1 aliphatic carbocycles. The molecular weight excluding hydrogens is 302 g/mol. The van der Waals surface area contributed by atoms with Crippen LogP contribution >= 0.6 is 15.9 Å². The summed E-state index contributed by atoms with van der Waals surface area (Å²) in [6.45, 7) is 0.0156. The van der Waals surface area contributed by atoms with Crippen molar-refractivity contribution in [1.29, 1.82) is 0 Å². The van der Waals surface area contributed by atoms with Gasteiger partial charge < -0.3 is 4.74 Å². The molecule has 1 saturated carbocycles. The second-order valence-electron chi connectivity index (χ2n) is 4.75. The summed E-state index contributed by atoms with van der Waals surface area (Å²) in [4.78, 5) is 0. The van der Waals surface area contributed by atoms with E-state index in [1.165, 1.54) is 25.0 Å². The van der Waals surface area contributed by atoms with E-state index in [-0.39, 0.29) is 22.7 Å². The average molecular weight is 319 g/mol. The van der Waals surface area contributed by atoms with Crippen molar-refractivity contribution in [2.24, 2.45) is 0 Å². The highest BCUT2D eigenvalue weighted by Gasteiger charge is 2.16. The van der Waals surface area contributed by atoms with Crippen LogP contribution in [0, 0.1) is 11.6 Å². The summed E-state index contributed by atoms with van der Waals surface area (Å²) < 4.78 is 33.2. The van der Waals surface area contributed by atoms with Gasteiger partial charge in [-0.15, -0.1) is 0 Å². The first kappa shape index (κ1) is 13.9. The van der Waals surface area contributed by atoms with Gasteiger partial charge in [-0.1, -0.05) is 25.7 Å². The summed E-state index contributed by atoms with van der Waals surface area (Å²) in [5, 5.41) is 0. The standard InChI is InChI=1S/C14H17BrF2O/c15-12-7-8-13(16)11(14(12)17)9-18-10-5-3-1-2-4-6-10/h7-8,10H,1-6,9H2. The highest BCUT2D eigenvalue weighted by atomic mass is 79.9. The van der Waals surface area contributed by atoms with Crippen LogP contribution in [0.1, 0.15) is 44.1 Å². The fourth-order valence-corrected chi connectivity index (χ4v) is 2.68. The van der Waals surface area contributed by atoms with Crippen molar-refractivity contribution in [3.05, 3.63) is 33.8 Å². The topological polar surface area (TPSA) is 9.23 Å². The van der Waals surface area contributed by atoms with E-state index >= 15 is 0 Å². The third-order valence-electron chi connectivity index (χ3n) is 3.40. The van der Waals surface area contributed by atoms with Gasteiger partial charge in [-0.3, -0.25) is 0 Å². The van der Waals surface area contributed by atoms with E-state index in [4.69, 9.17) is 4.74 Å². The Morgan fingerprint density at radius 2 is 1.78 bits per heavy atom. The number of benzene rings is 1. The Bertz CT molecular complexity index is 401. The molecule has 0 saturated heterocycles. The molecule has 0 bridgehead atoms. The molecule has 100 valence electrons. The first-order chi connectivity index (χ1) is 8.68. The van der Waals surface area contributed by atoms with Gasteiger partial charge in [0.15, 0.2) is 0 Å². The Balaban J connectivity index is 1.99. The highest BCUT2D eigenvalue weighted by molar-refractivity contribution is 9.10. The Hall–Kier alpha value is -0.480. The lowest BCUT2D eigenvalue weighted by atomic mass is 10.1. The van der Waals surface area contributed by atoms with Crippen LogP contribution in [-0.2, 0) is 11.3 Å². The summed E-state index contributed by atoms with van der Waals surface area (Å²) in [7, 11) is 0. The first-order valence-electron chi connectivity index (χ1n) is 6.42. The number of hydrogen-bond donors (Lipinski definition) is 0. The normalized spacial score (nSPS) is 17.7. The smallest absolute Gasteiger partial charge is 0.145 e. The zero-order valence-corrected chi connectivity index (χ0v) is 11.8. The van der Waals surface area contributed by atoms with E-state index in [9.17, 15) is 8.78 Å². The van der Waals surface area contributed by atoms with E-state index < -0.39 is 11.6 Å². The maximum atomic E-state index is 13.7. The molecule has 0 heterocycles. The van der Waals surface area contributed by atoms with Crippen molar-refractivity contribution < 1.29 is 13.5 Å². The number of hydrogen-bond acceptors (Lipinski definition) is 1. The maximum absolute atomic E-state index is 13.7. The highest BCUT2D eigenvalue weighted by Crippen LogP contribution is 2.25.